The largest absolute Gasteiger partial charge is 0.508 e. The minimum atomic E-state index is -0.512. The number of benzene rings is 1. The van der Waals surface area contributed by atoms with Gasteiger partial charge in [-0.05, 0) is 64.8 Å². The van der Waals surface area contributed by atoms with Gasteiger partial charge in [0.05, 0.1) is 5.69 Å². The molecule has 0 bridgehead atoms. The molecule has 2 heterocycles. The van der Waals surface area contributed by atoms with E-state index < -0.39 is 5.82 Å². The Bertz CT molecular complexity index is 773. The Labute approximate surface area is 154 Å². The van der Waals surface area contributed by atoms with Crippen molar-refractivity contribution in [2.45, 2.75) is 57.7 Å². The molecular weight excluding hydrogens is 331 g/mol. The van der Waals surface area contributed by atoms with Gasteiger partial charge < -0.3 is 15.3 Å². The maximum Gasteiger partial charge on any atom is 0.151 e. The highest BCUT2D eigenvalue weighted by Crippen LogP contribution is 2.33. The van der Waals surface area contributed by atoms with E-state index in [9.17, 15) is 9.50 Å². The first kappa shape index (κ1) is 18.6. The zero-order valence-corrected chi connectivity index (χ0v) is 16.0. The van der Waals surface area contributed by atoms with E-state index in [0.29, 0.717) is 17.3 Å². The first-order chi connectivity index (χ1) is 12.1. The summed E-state index contributed by atoms with van der Waals surface area (Å²) in [6.07, 6.45) is 2.01. The molecule has 1 aliphatic heterocycles. The SMILES string of the molecule is CN(c1ccc(-c2ccc(O)cc2F)nn1)C1CC(C)(C)NC(C)(C)C1. The number of nitrogens with one attached hydrogen (secondary N) is 1. The van der Waals surface area contributed by atoms with Gasteiger partial charge in [-0.15, -0.1) is 10.2 Å². The molecule has 6 heteroatoms. The van der Waals surface area contributed by atoms with Gasteiger partial charge in [0, 0.05) is 35.8 Å². The highest BCUT2D eigenvalue weighted by atomic mass is 19.1. The summed E-state index contributed by atoms with van der Waals surface area (Å²) in [7, 11) is 2.03. The predicted octanol–water partition coefficient (Wildman–Crippen LogP) is 3.73. The van der Waals surface area contributed by atoms with Crippen LogP contribution in [0.15, 0.2) is 30.3 Å². The molecule has 140 valence electrons. The Balaban J connectivity index is 1.82. The molecule has 2 aromatic rings. The van der Waals surface area contributed by atoms with Gasteiger partial charge in [0.25, 0.3) is 0 Å². The third-order valence-electron chi connectivity index (χ3n) is 4.96. The number of hydrogen-bond acceptors (Lipinski definition) is 5. The Hall–Kier alpha value is -2.21. The van der Waals surface area contributed by atoms with Gasteiger partial charge in [-0.1, -0.05) is 0 Å². The van der Waals surface area contributed by atoms with E-state index >= 15 is 0 Å². The number of phenolic OH excluding ortho intramolecular Hbond substituents is 1. The summed E-state index contributed by atoms with van der Waals surface area (Å²) < 4.78 is 14.0. The third-order valence-corrected chi connectivity index (χ3v) is 4.96. The molecule has 0 aliphatic carbocycles. The number of nitrogens with zero attached hydrogens (tertiary/aromatic N) is 3. The highest BCUT2D eigenvalue weighted by Gasteiger charge is 2.39. The zero-order valence-electron chi connectivity index (χ0n) is 16.0. The minimum absolute atomic E-state index is 0.0449. The number of phenols is 1. The molecule has 1 aromatic heterocycles. The average Bonchev–Trinajstić information content (AvgIpc) is 2.51. The van der Waals surface area contributed by atoms with Crippen LogP contribution in [-0.2, 0) is 0 Å². The van der Waals surface area contributed by atoms with Crippen molar-refractivity contribution in [1.82, 2.24) is 15.5 Å². The zero-order chi connectivity index (χ0) is 19.1. The topological polar surface area (TPSA) is 61.3 Å². The second-order valence-electron chi connectivity index (χ2n) is 8.51. The minimum Gasteiger partial charge on any atom is -0.508 e. The Kier molecular flexibility index (Phi) is 4.65. The van der Waals surface area contributed by atoms with E-state index in [2.05, 4.69) is 48.1 Å². The summed E-state index contributed by atoms with van der Waals surface area (Å²) in [4.78, 5) is 2.16. The number of rotatable bonds is 3. The van der Waals surface area contributed by atoms with Crippen LogP contribution in [0.5, 0.6) is 5.75 Å². The monoisotopic (exact) mass is 358 g/mol. The Morgan fingerprint density at radius 2 is 1.73 bits per heavy atom. The van der Waals surface area contributed by atoms with Gasteiger partial charge in [0.1, 0.15) is 11.6 Å². The van der Waals surface area contributed by atoms with Crippen molar-refractivity contribution >= 4 is 5.82 Å². The van der Waals surface area contributed by atoms with E-state index in [0.717, 1.165) is 24.7 Å². The average molecular weight is 358 g/mol. The Morgan fingerprint density at radius 1 is 1.08 bits per heavy atom. The quantitative estimate of drug-likeness (QED) is 0.875. The summed E-state index contributed by atoms with van der Waals surface area (Å²) >= 11 is 0. The first-order valence-corrected chi connectivity index (χ1v) is 8.91. The van der Waals surface area contributed by atoms with Crippen LogP contribution in [0, 0.1) is 5.82 Å². The summed E-state index contributed by atoms with van der Waals surface area (Å²) in [6, 6.07) is 8.01. The lowest BCUT2D eigenvalue weighted by Gasteiger charge is -2.49. The summed E-state index contributed by atoms with van der Waals surface area (Å²) in [5.74, 6) is 0.153. The molecule has 1 aliphatic rings. The van der Waals surface area contributed by atoms with Gasteiger partial charge in [0.15, 0.2) is 5.82 Å². The fourth-order valence-corrected chi connectivity index (χ4v) is 4.10. The second kappa shape index (κ2) is 6.50. The molecule has 1 saturated heterocycles. The van der Waals surface area contributed by atoms with Crippen LogP contribution >= 0.6 is 0 Å². The molecule has 2 N–H and O–H groups in total. The van der Waals surface area contributed by atoms with Gasteiger partial charge in [-0.2, -0.15) is 0 Å². The molecule has 0 spiro atoms. The summed E-state index contributed by atoms with van der Waals surface area (Å²) in [5.41, 5.74) is 0.867. The van der Waals surface area contributed by atoms with Crippen LogP contribution in [0.3, 0.4) is 0 Å². The van der Waals surface area contributed by atoms with Crippen LogP contribution in [0.25, 0.3) is 11.3 Å². The molecule has 0 amide bonds. The van der Waals surface area contributed by atoms with Crippen LogP contribution in [0.1, 0.15) is 40.5 Å². The van der Waals surface area contributed by atoms with Crippen molar-refractivity contribution in [3.05, 3.63) is 36.1 Å². The second-order valence-corrected chi connectivity index (χ2v) is 8.51. The normalized spacial score (nSPS) is 19.3. The van der Waals surface area contributed by atoms with E-state index in [1.165, 1.54) is 12.1 Å². The number of aromatic nitrogens is 2. The highest BCUT2D eigenvalue weighted by molar-refractivity contribution is 5.61. The molecule has 26 heavy (non-hydrogen) atoms. The number of halogens is 1. The predicted molar refractivity (Wildman–Crippen MR) is 102 cm³/mol. The van der Waals surface area contributed by atoms with E-state index in [4.69, 9.17) is 0 Å². The molecule has 0 saturated carbocycles. The van der Waals surface area contributed by atoms with Crippen molar-refractivity contribution in [2.24, 2.45) is 0 Å². The van der Waals surface area contributed by atoms with Crippen molar-refractivity contribution in [1.29, 1.82) is 0 Å². The molecule has 1 fully saturated rings. The fourth-order valence-electron chi connectivity index (χ4n) is 4.10. The van der Waals surface area contributed by atoms with Crippen LogP contribution in [0.4, 0.5) is 10.2 Å². The van der Waals surface area contributed by atoms with Crippen molar-refractivity contribution in [3.8, 4) is 17.0 Å². The summed E-state index contributed by atoms with van der Waals surface area (Å²) in [5, 5.41) is 21.5. The van der Waals surface area contributed by atoms with Gasteiger partial charge in [0.2, 0.25) is 0 Å². The van der Waals surface area contributed by atoms with Gasteiger partial charge >= 0.3 is 0 Å². The standard InChI is InChI=1S/C20H27FN4O/c1-19(2)11-13(12-20(3,4)24-19)25(5)18-9-8-17(22-23-18)15-7-6-14(26)10-16(15)21/h6-10,13,24,26H,11-12H2,1-5H3. The number of aromatic hydroxyl groups is 1. The van der Waals surface area contributed by atoms with E-state index in [1.54, 1.807) is 6.07 Å². The van der Waals surface area contributed by atoms with E-state index in [1.807, 2.05) is 13.1 Å². The molecule has 3 rings (SSSR count). The lowest BCUT2D eigenvalue weighted by molar-refractivity contribution is 0.160. The molecule has 1 aromatic carbocycles. The molecule has 0 atom stereocenters. The van der Waals surface area contributed by atoms with Gasteiger partial charge in [-0.3, -0.25) is 0 Å². The van der Waals surface area contributed by atoms with Crippen molar-refractivity contribution in [2.75, 3.05) is 11.9 Å². The van der Waals surface area contributed by atoms with Crippen LogP contribution in [0.2, 0.25) is 0 Å². The Morgan fingerprint density at radius 3 is 2.27 bits per heavy atom. The molecule has 0 unspecified atom stereocenters. The molecular formula is C20H27FN4O. The maximum atomic E-state index is 14.0. The van der Waals surface area contributed by atoms with Crippen molar-refractivity contribution in [3.63, 3.8) is 0 Å². The lowest BCUT2D eigenvalue weighted by atomic mass is 9.79. The first-order valence-electron chi connectivity index (χ1n) is 8.91. The third kappa shape index (κ3) is 3.96. The van der Waals surface area contributed by atoms with Gasteiger partial charge in [-0.25, -0.2) is 4.39 Å². The number of piperidine rings is 1. The number of hydrogen-bond donors (Lipinski definition) is 2. The van der Waals surface area contributed by atoms with Crippen LogP contribution < -0.4 is 10.2 Å². The van der Waals surface area contributed by atoms with Crippen molar-refractivity contribution < 1.29 is 9.50 Å². The molecule has 0 radical (unpaired) electrons. The summed E-state index contributed by atoms with van der Waals surface area (Å²) in [6.45, 7) is 8.88. The van der Waals surface area contributed by atoms with E-state index in [-0.39, 0.29) is 16.8 Å². The molecule has 5 nitrogen and oxygen atoms in total. The fraction of sp³-hybridized carbons (Fsp3) is 0.500. The smallest absolute Gasteiger partial charge is 0.151 e. The maximum absolute atomic E-state index is 14.0. The van der Waals surface area contributed by atoms with Crippen LogP contribution in [-0.4, -0.2) is 39.5 Å². The number of anilines is 1. The lowest BCUT2D eigenvalue weighted by Crippen LogP contribution is -2.62.